The average molecular weight is 396 g/mol. The minimum absolute atomic E-state index is 0.267. The molecule has 0 saturated carbocycles. The van der Waals surface area contributed by atoms with Crippen LogP contribution in [0, 0.1) is 6.92 Å². The van der Waals surface area contributed by atoms with Crippen LogP contribution in [0.4, 0.5) is 17.2 Å². The van der Waals surface area contributed by atoms with E-state index in [-0.39, 0.29) is 5.91 Å². The van der Waals surface area contributed by atoms with Crippen molar-refractivity contribution in [3.05, 3.63) is 82.5 Å². The molecule has 0 spiro atoms. The van der Waals surface area contributed by atoms with Gasteiger partial charge in [0.2, 0.25) is 0 Å². The average Bonchev–Trinajstić information content (AvgIpc) is 2.71. The lowest BCUT2D eigenvalue weighted by molar-refractivity contribution is 0.0600. The molecule has 1 amide bonds. The van der Waals surface area contributed by atoms with Crippen molar-refractivity contribution in [2.24, 2.45) is 0 Å². The molecular weight excluding hydrogens is 378 g/mol. The molecule has 2 aromatic carbocycles. The van der Waals surface area contributed by atoms with Crippen molar-refractivity contribution in [3.63, 3.8) is 0 Å². The molecule has 1 aromatic heterocycles. The van der Waals surface area contributed by atoms with E-state index in [1.54, 1.807) is 60.8 Å². The molecule has 0 atom stereocenters. The number of halogens is 1. The van der Waals surface area contributed by atoms with E-state index in [1.165, 1.54) is 7.11 Å². The van der Waals surface area contributed by atoms with Gasteiger partial charge in [0.25, 0.3) is 5.91 Å². The molecule has 0 fully saturated rings. The Morgan fingerprint density at radius 2 is 1.79 bits per heavy atom. The van der Waals surface area contributed by atoms with E-state index < -0.39 is 5.97 Å². The molecule has 0 aliphatic heterocycles. The quantitative estimate of drug-likeness (QED) is 0.605. The molecule has 3 rings (SSSR count). The lowest BCUT2D eigenvalue weighted by Gasteiger charge is -2.11. The number of amides is 1. The third-order valence-electron chi connectivity index (χ3n) is 4.12. The second-order valence-corrected chi connectivity index (χ2v) is 6.40. The van der Waals surface area contributed by atoms with E-state index in [4.69, 9.17) is 11.6 Å². The number of nitrogens with zero attached hydrogens (tertiary/aromatic N) is 1. The number of benzene rings is 2. The number of methoxy groups -OCH3 is 1. The number of nitrogens with one attached hydrogen (secondary N) is 2. The second kappa shape index (κ2) is 8.54. The first-order valence-corrected chi connectivity index (χ1v) is 8.83. The van der Waals surface area contributed by atoms with Crippen LogP contribution < -0.4 is 10.6 Å². The van der Waals surface area contributed by atoms with Gasteiger partial charge in [-0.05, 0) is 61.0 Å². The molecule has 6 nitrogen and oxygen atoms in total. The Bertz CT molecular complexity index is 1020. The Balaban J connectivity index is 1.74. The summed E-state index contributed by atoms with van der Waals surface area (Å²) < 4.78 is 4.68. The molecular formula is C21H18ClN3O3. The molecule has 0 aliphatic rings. The summed E-state index contributed by atoms with van der Waals surface area (Å²) in [5.74, 6) is -0.169. The van der Waals surface area contributed by atoms with Gasteiger partial charge in [0.05, 0.1) is 12.7 Å². The predicted octanol–water partition coefficient (Wildman–Crippen LogP) is 4.83. The Hall–Kier alpha value is -3.38. The third kappa shape index (κ3) is 4.47. The Morgan fingerprint density at radius 3 is 2.50 bits per heavy atom. The van der Waals surface area contributed by atoms with E-state index in [1.807, 2.05) is 6.92 Å². The van der Waals surface area contributed by atoms with Crippen LogP contribution in [0.1, 0.15) is 26.3 Å². The molecule has 0 bridgehead atoms. The van der Waals surface area contributed by atoms with Gasteiger partial charge in [-0.3, -0.25) is 4.79 Å². The fourth-order valence-corrected chi connectivity index (χ4v) is 2.71. The van der Waals surface area contributed by atoms with E-state index in [2.05, 4.69) is 20.4 Å². The Morgan fingerprint density at radius 1 is 1.04 bits per heavy atom. The summed E-state index contributed by atoms with van der Waals surface area (Å²) >= 11 is 6.10. The zero-order valence-electron chi connectivity index (χ0n) is 15.3. The number of hydrogen-bond acceptors (Lipinski definition) is 5. The van der Waals surface area contributed by atoms with Crippen LogP contribution >= 0.6 is 11.6 Å². The van der Waals surface area contributed by atoms with Crippen LogP contribution in [0.5, 0.6) is 0 Å². The van der Waals surface area contributed by atoms with E-state index in [9.17, 15) is 9.59 Å². The number of rotatable bonds is 5. The monoisotopic (exact) mass is 395 g/mol. The smallest absolute Gasteiger partial charge is 0.337 e. The fourth-order valence-electron chi connectivity index (χ4n) is 2.53. The highest BCUT2D eigenvalue weighted by molar-refractivity contribution is 6.31. The fraction of sp³-hybridized carbons (Fsp3) is 0.0952. The topological polar surface area (TPSA) is 80.3 Å². The van der Waals surface area contributed by atoms with Gasteiger partial charge < -0.3 is 15.4 Å². The van der Waals surface area contributed by atoms with Crippen molar-refractivity contribution < 1.29 is 14.3 Å². The number of pyridine rings is 1. The lowest BCUT2D eigenvalue weighted by Crippen LogP contribution is -2.13. The van der Waals surface area contributed by atoms with Gasteiger partial charge in [-0.25, -0.2) is 9.78 Å². The maximum absolute atomic E-state index is 12.6. The van der Waals surface area contributed by atoms with Crippen LogP contribution in [-0.4, -0.2) is 24.0 Å². The largest absolute Gasteiger partial charge is 0.465 e. The van der Waals surface area contributed by atoms with E-state index in [0.29, 0.717) is 27.7 Å². The highest BCUT2D eigenvalue weighted by Gasteiger charge is 2.11. The molecule has 0 saturated heterocycles. The van der Waals surface area contributed by atoms with Gasteiger partial charge in [-0.1, -0.05) is 17.7 Å². The van der Waals surface area contributed by atoms with Crippen LogP contribution in [0.2, 0.25) is 5.02 Å². The highest BCUT2D eigenvalue weighted by Crippen LogP contribution is 2.24. The highest BCUT2D eigenvalue weighted by atomic mass is 35.5. The van der Waals surface area contributed by atoms with E-state index >= 15 is 0 Å². The van der Waals surface area contributed by atoms with E-state index in [0.717, 1.165) is 11.3 Å². The minimum Gasteiger partial charge on any atom is -0.465 e. The van der Waals surface area contributed by atoms with Crippen molar-refractivity contribution in [2.75, 3.05) is 17.7 Å². The standard InChI is InChI=1S/C21H18ClN3O3/c1-13-17(22)4-3-5-18(13)25-20(26)15-10-11-23-19(12-15)24-16-8-6-14(7-9-16)21(27)28-2/h3-12H,1-2H3,(H,23,24)(H,25,26). The van der Waals surface area contributed by atoms with Crippen LogP contribution in [0.25, 0.3) is 0 Å². The summed E-state index contributed by atoms with van der Waals surface area (Å²) in [5.41, 5.74) is 3.08. The summed E-state index contributed by atoms with van der Waals surface area (Å²) in [6.45, 7) is 1.84. The third-order valence-corrected chi connectivity index (χ3v) is 4.53. The van der Waals surface area contributed by atoms with Crippen molar-refractivity contribution >= 4 is 40.7 Å². The normalized spacial score (nSPS) is 10.2. The molecule has 2 N–H and O–H groups in total. The van der Waals surface area contributed by atoms with Crippen LogP contribution in [0.15, 0.2) is 60.8 Å². The molecule has 0 unspecified atom stereocenters. The Kier molecular flexibility index (Phi) is 5.91. The number of esters is 1. The van der Waals surface area contributed by atoms with Gasteiger partial charge in [-0.15, -0.1) is 0 Å². The summed E-state index contributed by atoms with van der Waals surface area (Å²) in [6, 6.07) is 15.4. The lowest BCUT2D eigenvalue weighted by atomic mass is 10.1. The predicted molar refractivity (Wildman–Crippen MR) is 109 cm³/mol. The maximum Gasteiger partial charge on any atom is 0.337 e. The molecule has 28 heavy (non-hydrogen) atoms. The molecule has 142 valence electrons. The number of ether oxygens (including phenoxy) is 1. The van der Waals surface area contributed by atoms with Crippen LogP contribution in [-0.2, 0) is 4.74 Å². The summed E-state index contributed by atoms with van der Waals surface area (Å²) in [5, 5.41) is 6.55. The molecule has 3 aromatic rings. The van der Waals surface area contributed by atoms with Crippen LogP contribution in [0.3, 0.4) is 0 Å². The minimum atomic E-state index is -0.403. The zero-order chi connectivity index (χ0) is 20.1. The first kappa shape index (κ1) is 19.4. The first-order valence-electron chi connectivity index (χ1n) is 8.46. The van der Waals surface area contributed by atoms with Gasteiger partial charge in [-0.2, -0.15) is 0 Å². The summed E-state index contributed by atoms with van der Waals surface area (Å²) in [6.07, 6.45) is 1.55. The molecule has 0 aliphatic carbocycles. The van der Waals surface area contributed by atoms with Gasteiger partial charge in [0.15, 0.2) is 0 Å². The van der Waals surface area contributed by atoms with Crippen molar-refractivity contribution in [1.82, 2.24) is 4.98 Å². The number of carbonyl (C=O) groups excluding carboxylic acids is 2. The van der Waals surface area contributed by atoms with Gasteiger partial charge in [0, 0.05) is 28.2 Å². The molecule has 1 heterocycles. The molecule has 7 heteroatoms. The Labute approximate surface area is 167 Å². The number of hydrogen-bond donors (Lipinski definition) is 2. The number of anilines is 3. The number of carbonyl (C=O) groups is 2. The second-order valence-electron chi connectivity index (χ2n) is 5.99. The first-order chi connectivity index (χ1) is 13.5. The van der Waals surface area contributed by atoms with Crippen molar-refractivity contribution in [3.8, 4) is 0 Å². The van der Waals surface area contributed by atoms with Crippen molar-refractivity contribution in [1.29, 1.82) is 0 Å². The summed E-state index contributed by atoms with van der Waals surface area (Å²) in [4.78, 5) is 28.3. The van der Waals surface area contributed by atoms with Crippen molar-refractivity contribution in [2.45, 2.75) is 6.92 Å². The summed E-state index contributed by atoms with van der Waals surface area (Å²) in [7, 11) is 1.33. The molecule has 0 radical (unpaired) electrons. The van der Waals surface area contributed by atoms with Gasteiger partial charge in [0.1, 0.15) is 5.82 Å². The zero-order valence-corrected chi connectivity index (χ0v) is 16.1. The van der Waals surface area contributed by atoms with Gasteiger partial charge >= 0.3 is 5.97 Å². The number of aromatic nitrogens is 1. The SMILES string of the molecule is COC(=O)c1ccc(Nc2cc(C(=O)Nc3cccc(Cl)c3C)ccn2)cc1. The maximum atomic E-state index is 12.6.